The summed E-state index contributed by atoms with van der Waals surface area (Å²) in [5, 5.41) is 13.2. The summed E-state index contributed by atoms with van der Waals surface area (Å²) in [6.45, 7) is 1.60. The minimum atomic E-state index is -0.898. The fraction of sp³-hybridized carbons (Fsp3) is 0.222. The largest absolute Gasteiger partial charge is 0.481 e. The molecule has 1 unspecified atom stereocenters. The van der Waals surface area contributed by atoms with E-state index in [1.165, 1.54) is 10.8 Å². The molecule has 2 aromatic rings. The number of nitrogens with zero attached hydrogens (tertiary/aromatic N) is 3. The minimum Gasteiger partial charge on any atom is -0.481 e. The topological polar surface area (TPSA) is 67.5 Å². The Hall–Kier alpha value is -1.62. The van der Waals surface area contributed by atoms with Gasteiger partial charge in [0, 0.05) is 0 Å². The van der Waals surface area contributed by atoms with Crippen molar-refractivity contribution < 1.29 is 9.90 Å². The molecule has 0 aliphatic heterocycles. The fourth-order valence-electron chi connectivity index (χ4n) is 1.38. The van der Waals surface area contributed by atoms with Gasteiger partial charge in [0.15, 0.2) is 5.15 Å². The molecule has 6 heteroatoms. The van der Waals surface area contributed by atoms with Crippen LogP contribution in [0.25, 0.3) is 5.52 Å². The molecule has 0 spiro atoms. The van der Waals surface area contributed by atoms with E-state index in [9.17, 15) is 4.79 Å². The third-order valence-corrected chi connectivity index (χ3v) is 2.54. The highest BCUT2D eigenvalue weighted by molar-refractivity contribution is 6.32. The van der Waals surface area contributed by atoms with E-state index < -0.39 is 11.9 Å². The number of aromatic nitrogens is 3. The average Bonchev–Trinajstić information content (AvgIpc) is 2.61. The Bertz CT molecular complexity index is 523. The SMILES string of the molecule is CC(C(=O)O)c1ccc2c(Cl)ncnn12. The van der Waals surface area contributed by atoms with Crippen molar-refractivity contribution >= 4 is 23.1 Å². The van der Waals surface area contributed by atoms with Crippen LogP contribution < -0.4 is 0 Å². The first-order valence-corrected chi connectivity index (χ1v) is 4.70. The van der Waals surface area contributed by atoms with Crippen molar-refractivity contribution in [3.8, 4) is 0 Å². The van der Waals surface area contributed by atoms with Gasteiger partial charge in [-0.1, -0.05) is 11.6 Å². The number of carbonyl (C=O) groups is 1. The van der Waals surface area contributed by atoms with E-state index in [-0.39, 0.29) is 0 Å². The quantitative estimate of drug-likeness (QED) is 0.843. The average molecular weight is 226 g/mol. The predicted molar refractivity (Wildman–Crippen MR) is 54.0 cm³/mol. The van der Waals surface area contributed by atoms with Crippen molar-refractivity contribution in [3.63, 3.8) is 0 Å². The first kappa shape index (κ1) is 9.92. The number of carboxylic acids is 1. The van der Waals surface area contributed by atoms with Crippen LogP contribution in [0.3, 0.4) is 0 Å². The lowest BCUT2D eigenvalue weighted by Gasteiger charge is -2.05. The molecule has 0 saturated carbocycles. The van der Waals surface area contributed by atoms with Gasteiger partial charge in [0.2, 0.25) is 0 Å². The molecule has 2 heterocycles. The highest BCUT2D eigenvalue weighted by atomic mass is 35.5. The van der Waals surface area contributed by atoms with Crippen LogP contribution in [0.2, 0.25) is 5.15 Å². The van der Waals surface area contributed by atoms with Crippen LogP contribution in [0, 0.1) is 0 Å². The Morgan fingerprint density at radius 2 is 2.33 bits per heavy atom. The number of hydrogen-bond acceptors (Lipinski definition) is 3. The third kappa shape index (κ3) is 1.55. The highest BCUT2D eigenvalue weighted by Crippen LogP contribution is 2.21. The molecule has 2 rings (SSSR count). The summed E-state index contributed by atoms with van der Waals surface area (Å²) >= 11 is 5.84. The van der Waals surface area contributed by atoms with Crippen LogP contribution in [0.1, 0.15) is 18.5 Å². The maximum absolute atomic E-state index is 10.8. The minimum absolute atomic E-state index is 0.314. The molecular formula is C9H8ClN3O2. The van der Waals surface area contributed by atoms with E-state index >= 15 is 0 Å². The van der Waals surface area contributed by atoms with E-state index in [0.717, 1.165) is 0 Å². The smallest absolute Gasteiger partial charge is 0.312 e. The zero-order valence-corrected chi connectivity index (χ0v) is 8.64. The zero-order chi connectivity index (χ0) is 11.0. The Kier molecular flexibility index (Phi) is 2.32. The molecule has 0 bridgehead atoms. The molecule has 0 amide bonds. The molecular weight excluding hydrogens is 218 g/mol. The molecule has 5 nitrogen and oxygen atoms in total. The number of hydrogen-bond donors (Lipinski definition) is 1. The normalized spacial score (nSPS) is 12.9. The van der Waals surface area contributed by atoms with Crippen molar-refractivity contribution in [2.24, 2.45) is 0 Å². The Labute approximate surface area is 90.3 Å². The molecule has 0 aromatic carbocycles. The summed E-state index contributed by atoms with van der Waals surface area (Å²) in [6.07, 6.45) is 1.30. The fourth-order valence-corrected chi connectivity index (χ4v) is 1.56. The summed E-state index contributed by atoms with van der Waals surface area (Å²) in [5.74, 6) is -1.52. The maximum Gasteiger partial charge on any atom is 0.312 e. The van der Waals surface area contributed by atoms with E-state index in [2.05, 4.69) is 10.1 Å². The summed E-state index contributed by atoms with van der Waals surface area (Å²) in [6, 6.07) is 3.39. The van der Waals surface area contributed by atoms with Crippen LogP contribution in [0.5, 0.6) is 0 Å². The second-order valence-corrected chi connectivity index (χ2v) is 3.52. The van der Waals surface area contributed by atoms with Gasteiger partial charge in [-0.15, -0.1) is 0 Å². The lowest BCUT2D eigenvalue weighted by Crippen LogP contribution is -2.11. The highest BCUT2D eigenvalue weighted by Gasteiger charge is 2.18. The van der Waals surface area contributed by atoms with Crippen LogP contribution in [0.4, 0.5) is 0 Å². The van der Waals surface area contributed by atoms with Gasteiger partial charge in [-0.25, -0.2) is 9.50 Å². The molecule has 1 N–H and O–H groups in total. The lowest BCUT2D eigenvalue weighted by molar-refractivity contribution is -0.138. The summed E-state index contributed by atoms with van der Waals surface area (Å²) in [4.78, 5) is 14.6. The summed E-state index contributed by atoms with van der Waals surface area (Å²) in [5.41, 5.74) is 1.20. The van der Waals surface area contributed by atoms with Gasteiger partial charge in [-0.05, 0) is 19.1 Å². The number of fused-ring (bicyclic) bond motifs is 1. The van der Waals surface area contributed by atoms with Crippen molar-refractivity contribution in [1.29, 1.82) is 0 Å². The van der Waals surface area contributed by atoms with Crippen LogP contribution >= 0.6 is 11.6 Å². The van der Waals surface area contributed by atoms with Gasteiger partial charge >= 0.3 is 5.97 Å². The second kappa shape index (κ2) is 3.51. The number of carboxylic acid groups (broad SMARTS) is 1. The van der Waals surface area contributed by atoms with Gasteiger partial charge in [0.05, 0.1) is 11.6 Å². The van der Waals surface area contributed by atoms with Gasteiger partial charge < -0.3 is 5.11 Å². The third-order valence-electron chi connectivity index (χ3n) is 2.25. The lowest BCUT2D eigenvalue weighted by atomic mass is 10.1. The Morgan fingerprint density at radius 3 is 3.00 bits per heavy atom. The number of halogens is 1. The van der Waals surface area contributed by atoms with Crippen molar-refractivity contribution in [2.75, 3.05) is 0 Å². The van der Waals surface area contributed by atoms with E-state index in [4.69, 9.17) is 16.7 Å². The summed E-state index contributed by atoms with van der Waals surface area (Å²) in [7, 11) is 0. The second-order valence-electron chi connectivity index (χ2n) is 3.17. The molecule has 15 heavy (non-hydrogen) atoms. The van der Waals surface area contributed by atoms with Crippen molar-refractivity contribution in [3.05, 3.63) is 29.3 Å². The van der Waals surface area contributed by atoms with Crippen LogP contribution in [0.15, 0.2) is 18.5 Å². The van der Waals surface area contributed by atoms with Gasteiger partial charge in [0.25, 0.3) is 0 Å². The number of rotatable bonds is 2. The van der Waals surface area contributed by atoms with Gasteiger partial charge in [0.1, 0.15) is 11.8 Å². The van der Waals surface area contributed by atoms with Gasteiger partial charge in [-0.2, -0.15) is 5.10 Å². The predicted octanol–water partition coefficient (Wildman–Crippen LogP) is 1.57. The van der Waals surface area contributed by atoms with Crippen molar-refractivity contribution in [1.82, 2.24) is 14.6 Å². The summed E-state index contributed by atoms with van der Waals surface area (Å²) < 4.78 is 1.49. The standard InChI is InChI=1S/C9H8ClN3O2/c1-5(9(14)15)6-2-3-7-8(10)11-4-12-13(6)7/h2-5H,1H3,(H,14,15). The van der Waals surface area contributed by atoms with E-state index in [1.807, 2.05) is 0 Å². The van der Waals surface area contributed by atoms with Crippen LogP contribution in [-0.4, -0.2) is 25.7 Å². The maximum atomic E-state index is 10.8. The zero-order valence-electron chi connectivity index (χ0n) is 7.88. The number of aliphatic carboxylic acids is 1. The van der Waals surface area contributed by atoms with E-state index in [0.29, 0.717) is 16.4 Å². The molecule has 0 radical (unpaired) electrons. The first-order valence-electron chi connectivity index (χ1n) is 4.32. The molecule has 0 aliphatic rings. The molecule has 2 aromatic heterocycles. The Balaban J connectivity index is 2.64. The monoisotopic (exact) mass is 225 g/mol. The van der Waals surface area contributed by atoms with Crippen molar-refractivity contribution in [2.45, 2.75) is 12.8 Å². The van der Waals surface area contributed by atoms with Gasteiger partial charge in [-0.3, -0.25) is 4.79 Å². The molecule has 0 saturated heterocycles. The molecule has 1 atom stereocenters. The first-order chi connectivity index (χ1) is 7.11. The molecule has 0 aliphatic carbocycles. The molecule has 78 valence electrons. The van der Waals surface area contributed by atoms with Crippen LogP contribution in [-0.2, 0) is 4.79 Å². The molecule has 0 fully saturated rings. The Morgan fingerprint density at radius 1 is 1.60 bits per heavy atom. The van der Waals surface area contributed by atoms with E-state index in [1.54, 1.807) is 19.1 Å².